The summed E-state index contributed by atoms with van der Waals surface area (Å²) >= 11 is 0. The minimum absolute atomic E-state index is 1.22. The zero-order valence-corrected chi connectivity index (χ0v) is 19.0. The van der Waals surface area contributed by atoms with Crippen LogP contribution in [-0.4, -0.2) is 4.98 Å². The largest absolute Gasteiger partial charge is 0.353 e. The van der Waals surface area contributed by atoms with Gasteiger partial charge in [0.25, 0.3) is 0 Å². The molecular weight excluding hydrogens is 422 g/mol. The third kappa shape index (κ3) is 2.53. The Bertz CT molecular complexity index is 2100. The van der Waals surface area contributed by atoms with Crippen molar-refractivity contribution in [1.82, 2.24) is 4.98 Å². The lowest BCUT2D eigenvalue weighted by Gasteiger charge is -2.10. The van der Waals surface area contributed by atoms with Crippen molar-refractivity contribution < 1.29 is 0 Å². The average Bonchev–Trinajstić information content (AvgIpc) is 3.35. The molecule has 0 aliphatic carbocycles. The second-order valence-corrected chi connectivity index (χ2v) is 9.39. The predicted octanol–water partition coefficient (Wildman–Crippen LogP) is 9.60. The molecule has 0 bridgehead atoms. The fourth-order valence-corrected chi connectivity index (χ4v) is 6.05. The van der Waals surface area contributed by atoms with Crippen molar-refractivity contribution in [3.8, 4) is 11.1 Å². The van der Waals surface area contributed by atoms with Crippen LogP contribution in [0.25, 0.3) is 76.0 Å². The molecule has 1 nitrogen and oxygen atoms in total. The Balaban J connectivity index is 1.68. The van der Waals surface area contributed by atoms with Gasteiger partial charge in [-0.25, -0.2) is 0 Å². The topological polar surface area (TPSA) is 15.8 Å². The van der Waals surface area contributed by atoms with E-state index >= 15 is 0 Å². The molecular formula is C34H21N. The third-order valence-electron chi connectivity index (χ3n) is 7.57. The highest BCUT2D eigenvalue weighted by atomic mass is 14.7. The lowest BCUT2D eigenvalue weighted by Crippen LogP contribution is -1.84. The molecule has 8 aromatic rings. The van der Waals surface area contributed by atoms with Gasteiger partial charge in [-0.3, -0.25) is 0 Å². The number of nitrogens with one attached hydrogen (secondary N) is 1. The van der Waals surface area contributed by atoms with Crippen LogP contribution in [0.1, 0.15) is 0 Å². The van der Waals surface area contributed by atoms with Gasteiger partial charge in [-0.1, -0.05) is 115 Å². The first-order chi connectivity index (χ1) is 17.4. The Hall–Kier alpha value is -4.62. The average molecular weight is 444 g/mol. The van der Waals surface area contributed by atoms with E-state index < -0.39 is 0 Å². The van der Waals surface area contributed by atoms with Crippen LogP contribution in [0, 0.1) is 0 Å². The zero-order valence-electron chi connectivity index (χ0n) is 19.0. The van der Waals surface area contributed by atoms with Crippen molar-refractivity contribution in [2.75, 3.05) is 0 Å². The second kappa shape index (κ2) is 6.94. The molecule has 0 aliphatic rings. The molecule has 0 saturated carbocycles. The lowest BCUT2D eigenvalue weighted by atomic mass is 9.92. The highest BCUT2D eigenvalue weighted by Crippen LogP contribution is 2.45. The monoisotopic (exact) mass is 443 g/mol. The number of hydrogen-bond donors (Lipinski definition) is 1. The van der Waals surface area contributed by atoms with Crippen molar-refractivity contribution >= 4 is 64.9 Å². The van der Waals surface area contributed by atoms with E-state index in [2.05, 4.69) is 126 Å². The van der Waals surface area contributed by atoms with E-state index in [-0.39, 0.29) is 0 Å². The number of H-pyrrole nitrogens is 1. The molecule has 0 saturated heterocycles. The minimum Gasteiger partial charge on any atom is -0.353 e. The zero-order chi connectivity index (χ0) is 22.9. The molecule has 0 atom stereocenters. The van der Waals surface area contributed by atoms with E-state index in [0.717, 1.165) is 0 Å². The van der Waals surface area contributed by atoms with Gasteiger partial charge in [0.05, 0.1) is 11.0 Å². The van der Waals surface area contributed by atoms with Gasteiger partial charge in [-0.15, -0.1) is 0 Å². The summed E-state index contributed by atoms with van der Waals surface area (Å²) in [5.74, 6) is 0. The van der Waals surface area contributed by atoms with E-state index in [9.17, 15) is 0 Å². The van der Waals surface area contributed by atoms with Gasteiger partial charge < -0.3 is 4.98 Å². The molecule has 1 heterocycles. The smallest absolute Gasteiger partial charge is 0.0551 e. The van der Waals surface area contributed by atoms with Crippen molar-refractivity contribution in [2.45, 2.75) is 0 Å². The van der Waals surface area contributed by atoms with Gasteiger partial charge >= 0.3 is 0 Å². The quantitative estimate of drug-likeness (QED) is 0.243. The van der Waals surface area contributed by atoms with Crippen LogP contribution in [0.15, 0.2) is 121 Å². The Labute approximate surface area is 202 Å². The van der Waals surface area contributed by atoms with E-state index in [1.165, 1.54) is 76.0 Å². The third-order valence-corrected chi connectivity index (χ3v) is 7.57. The molecule has 0 unspecified atom stereocenters. The molecule has 35 heavy (non-hydrogen) atoms. The summed E-state index contributed by atoms with van der Waals surface area (Å²) in [7, 11) is 0. The fourth-order valence-electron chi connectivity index (χ4n) is 6.05. The molecule has 7 aromatic carbocycles. The van der Waals surface area contributed by atoms with Crippen molar-refractivity contribution in [3.63, 3.8) is 0 Å². The SMILES string of the molecule is c1ccc(-c2ccc3c4ccccc4c4c([nH]c5c6ccccc6c6ccccc6c54)c3c2)cc1. The number of benzene rings is 7. The molecule has 0 fully saturated rings. The van der Waals surface area contributed by atoms with Gasteiger partial charge in [-0.05, 0) is 49.5 Å². The number of aromatic amines is 1. The van der Waals surface area contributed by atoms with E-state index in [4.69, 9.17) is 0 Å². The maximum absolute atomic E-state index is 3.93. The summed E-state index contributed by atoms with van der Waals surface area (Å²) < 4.78 is 0. The standard InChI is InChI=1S/C34H21N/c1-2-10-21(11-3-1)22-18-19-26-24-13-5-8-16-28(24)32-31-27-15-7-4-12-23(27)25-14-6-9-17-29(25)33(31)35-34(32)30(26)20-22/h1-20,35H. The van der Waals surface area contributed by atoms with Crippen LogP contribution < -0.4 is 0 Å². The molecule has 0 aliphatic heterocycles. The van der Waals surface area contributed by atoms with Crippen molar-refractivity contribution in [1.29, 1.82) is 0 Å². The van der Waals surface area contributed by atoms with Crippen molar-refractivity contribution in [2.24, 2.45) is 0 Å². The fraction of sp³-hybridized carbons (Fsp3) is 0. The molecule has 1 aromatic heterocycles. The number of rotatable bonds is 1. The Morgan fingerprint density at radius 1 is 0.314 bits per heavy atom. The predicted molar refractivity (Wildman–Crippen MR) is 151 cm³/mol. The van der Waals surface area contributed by atoms with Gasteiger partial charge in [0, 0.05) is 21.5 Å². The van der Waals surface area contributed by atoms with Crippen LogP contribution in [0.3, 0.4) is 0 Å². The summed E-state index contributed by atoms with van der Waals surface area (Å²) in [6.45, 7) is 0. The van der Waals surface area contributed by atoms with E-state index in [0.29, 0.717) is 0 Å². The highest BCUT2D eigenvalue weighted by Gasteiger charge is 2.18. The first-order valence-electron chi connectivity index (χ1n) is 12.1. The molecule has 162 valence electrons. The summed E-state index contributed by atoms with van der Waals surface area (Å²) in [5.41, 5.74) is 4.91. The Morgan fingerprint density at radius 3 is 1.40 bits per heavy atom. The molecule has 0 spiro atoms. The number of aromatic nitrogens is 1. The van der Waals surface area contributed by atoms with Crippen LogP contribution in [-0.2, 0) is 0 Å². The summed E-state index contributed by atoms with van der Waals surface area (Å²) in [6, 6.07) is 44.0. The van der Waals surface area contributed by atoms with Crippen LogP contribution >= 0.6 is 0 Å². The van der Waals surface area contributed by atoms with Gasteiger partial charge in [0.2, 0.25) is 0 Å². The van der Waals surface area contributed by atoms with E-state index in [1.807, 2.05) is 0 Å². The second-order valence-electron chi connectivity index (χ2n) is 9.39. The Kier molecular flexibility index (Phi) is 3.72. The lowest BCUT2D eigenvalue weighted by molar-refractivity contribution is 1.58. The van der Waals surface area contributed by atoms with Crippen molar-refractivity contribution in [3.05, 3.63) is 121 Å². The van der Waals surface area contributed by atoms with E-state index in [1.54, 1.807) is 0 Å². The van der Waals surface area contributed by atoms with Gasteiger partial charge in [-0.2, -0.15) is 0 Å². The summed E-state index contributed by atoms with van der Waals surface area (Å²) in [5, 5.41) is 13.0. The molecule has 0 radical (unpaired) electrons. The van der Waals surface area contributed by atoms with Crippen LogP contribution in [0.5, 0.6) is 0 Å². The normalized spacial score (nSPS) is 12.0. The maximum atomic E-state index is 3.93. The summed E-state index contributed by atoms with van der Waals surface area (Å²) in [6.07, 6.45) is 0. The van der Waals surface area contributed by atoms with Gasteiger partial charge in [0.1, 0.15) is 0 Å². The summed E-state index contributed by atoms with van der Waals surface area (Å²) in [4.78, 5) is 3.93. The Morgan fingerprint density at radius 2 is 0.771 bits per heavy atom. The van der Waals surface area contributed by atoms with Gasteiger partial charge in [0.15, 0.2) is 0 Å². The molecule has 1 heteroatoms. The molecule has 0 amide bonds. The minimum atomic E-state index is 1.22. The number of hydrogen-bond acceptors (Lipinski definition) is 0. The maximum Gasteiger partial charge on any atom is 0.0551 e. The first kappa shape index (κ1) is 18.8. The molecule has 8 rings (SSSR count). The first-order valence-corrected chi connectivity index (χ1v) is 12.1. The highest BCUT2D eigenvalue weighted by molar-refractivity contribution is 6.39. The molecule has 1 N–H and O–H groups in total. The van der Waals surface area contributed by atoms with Crippen LogP contribution in [0.2, 0.25) is 0 Å². The van der Waals surface area contributed by atoms with Crippen LogP contribution in [0.4, 0.5) is 0 Å². The number of fused-ring (bicyclic) bond motifs is 13.